The first kappa shape index (κ1) is 17.5. The zero-order valence-corrected chi connectivity index (χ0v) is 14.4. The fraction of sp³-hybridized carbons (Fsp3) is 0.611. The van der Waals surface area contributed by atoms with Crippen LogP contribution in [0.25, 0.3) is 0 Å². The van der Waals surface area contributed by atoms with E-state index in [1.165, 1.54) is 0 Å². The fourth-order valence-electron chi connectivity index (χ4n) is 2.64. The van der Waals surface area contributed by atoms with Crippen molar-refractivity contribution in [2.24, 2.45) is 11.8 Å². The summed E-state index contributed by atoms with van der Waals surface area (Å²) in [6.45, 7) is 14.3. The Balaban J connectivity index is 2.70. The van der Waals surface area contributed by atoms with Gasteiger partial charge in [0.25, 0.3) is 5.91 Å². The third-order valence-corrected chi connectivity index (χ3v) is 3.62. The fourth-order valence-corrected chi connectivity index (χ4v) is 2.64. The van der Waals surface area contributed by atoms with Crippen molar-refractivity contribution in [1.82, 2.24) is 5.32 Å². The van der Waals surface area contributed by atoms with Crippen molar-refractivity contribution in [2.45, 2.75) is 60.6 Å². The maximum absolute atomic E-state index is 12.3. The summed E-state index contributed by atoms with van der Waals surface area (Å²) in [7, 11) is 0. The summed E-state index contributed by atoms with van der Waals surface area (Å²) in [6, 6.07) is 6.17. The van der Waals surface area contributed by atoms with Gasteiger partial charge in [0.05, 0.1) is 0 Å². The van der Waals surface area contributed by atoms with E-state index in [0.29, 0.717) is 11.8 Å². The molecule has 0 spiro atoms. The zero-order chi connectivity index (χ0) is 16.2. The molecule has 0 radical (unpaired) electrons. The van der Waals surface area contributed by atoms with Crippen molar-refractivity contribution in [1.29, 1.82) is 0 Å². The molecule has 1 rings (SSSR count). The van der Waals surface area contributed by atoms with E-state index < -0.39 is 6.10 Å². The van der Waals surface area contributed by atoms with Gasteiger partial charge in [0.1, 0.15) is 5.75 Å². The molecule has 0 heterocycles. The van der Waals surface area contributed by atoms with Crippen LogP contribution in [-0.2, 0) is 4.79 Å². The van der Waals surface area contributed by atoms with E-state index in [9.17, 15) is 4.79 Å². The molecule has 0 saturated carbocycles. The van der Waals surface area contributed by atoms with Crippen LogP contribution >= 0.6 is 0 Å². The molecule has 1 aromatic rings. The Morgan fingerprint density at radius 2 is 1.43 bits per heavy atom. The molecular weight excluding hydrogens is 262 g/mol. The van der Waals surface area contributed by atoms with Crippen LogP contribution in [-0.4, -0.2) is 18.1 Å². The highest BCUT2D eigenvalue weighted by molar-refractivity contribution is 5.81. The van der Waals surface area contributed by atoms with Crippen LogP contribution in [0, 0.1) is 25.7 Å². The van der Waals surface area contributed by atoms with Gasteiger partial charge in [-0.15, -0.1) is 0 Å². The monoisotopic (exact) mass is 291 g/mol. The molecular formula is C18H29NO2. The Kier molecular flexibility index (Phi) is 6.25. The van der Waals surface area contributed by atoms with E-state index in [0.717, 1.165) is 16.9 Å². The normalized spacial score (nSPS) is 12.9. The van der Waals surface area contributed by atoms with Crippen LogP contribution in [0.2, 0.25) is 0 Å². The van der Waals surface area contributed by atoms with Crippen molar-refractivity contribution < 1.29 is 9.53 Å². The maximum Gasteiger partial charge on any atom is 0.261 e. The van der Waals surface area contributed by atoms with Gasteiger partial charge in [-0.3, -0.25) is 4.79 Å². The number of nitrogens with one attached hydrogen (secondary N) is 1. The first-order valence-electron chi connectivity index (χ1n) is 7.76. The zero-order valence-electron chi connectivity index (χ0n) is 14.4. The van der Waals surface area contributed by atoms with Crippen LogP contribution in [0.5, 0.6) is 5.75 Å². The molecule has 0 saturated heterocycles. The Morgan fingerprint density at radius 3 is 1.86 bits per heavy atom. The molecule has 0 aliphatic rings. The molecule has 0 unspecified atom stereocenters. The summed E-state index contributed by atoms with van der Waals surface area (Å²) in [4.78, 5) is 12.3. The van der Waals surface area contributed by atoms with Gasteiger partial charge in [0.2, 0.25) is 0 Å². The lowest BCUT2D eigenvalue weighted by molar-refractivity contribution is -0.128. The highest BCUT2D eigenvalue weighted by atomic mass is 16.5. The van der Waals surface area contributed by atoms with Gasteiger partial charge in [-0.25, -0.2) is 0 Å². The topological polar surface area (TPSA) is 38.3 Å². The van der Waals surface area contributed by atoms with E-state index >= 15 is 0 Å². The number of amides is 1. The summed E-state index contributed by atoms with van der Waals surface area (Å²) in [5, 5.41) is 3.10. The molecule has 0 fully saturated rings. The van der Waals surface area contributed by atoms with Crippen molar-refractivity contribution in [3.05, 3.63) is 29.3 Å². The van der Waals surface area contributed by atoms with Crippen molar-refractivity contribution in [3.63, 3.8) is 0 Å². The van der Waals surface area contributed by atoms with Crippen molar-refractivity contribution in [2.75, 3.05) is 0 Å². The first-order chi connectivity index (χ1) is 9.70. The van der Waals surface area contributed by atoms with E-state index in [1.807, 2.05) is 26.0 Å². The molecule has 0 aliphatic carbocycles. The number of rotatable bonds is 6. The molecule has 1 aromatic carbocycles. The van der Waals surface area contributed by atoms with E-state index in [1.54, 1.807) is 6.92 Å². The van der Waals surface area contributed by atoms with Gasteiger partial charge in [-0.2, -0.15) is 0 Å². The van der Waals surface area contributed by atoms with E-state index in [4.69, 9.17) is 4.74 Å². The molecule has 0 bridgehead atoms. The summed E-state index contributed by atoms with van der Waals surface area (Å²) >= 11 is 0. The molecule has 3 nitrogen and oxygen atoms in total. The minimum atomic E-state index is -0.494. The second-order valence-electron chi connectivity index (χ2n) is 6.61. The summed E-state index contributed by atoms with van der Waals surface area (Å²) in [6.07, 6.45) is -0.494. The molecule has 1 atom stereocenters. The average Bonchev–Trinajstić information content (AvgIpc) is 2.33. The lowest BCUT2D eigenvalue weighted by Crippen LogP contribution is -2.47. The summed E-state index contributed by atoms with van der Waals surface area (Å²) in [5.41, 5.74) is 2.28. The number of hydrogen-bond donors (Lipinski definition) is 1. The lowest BCUT2D eigenvalue weighted by atomic mass is 9.93. The molecule has 0 aromatic heterocycles. The average molecular weight is 291 g/mol. The minimum Gasteiger partial charge on any atom is -0.481 e. The Morgan fingerprint density at radius 1 is 0.952 bits per heavy atom. The van der Waals surface area contributed by atoms with Crippen LogP contribution in [0.4, 0.5) is 0 Å². The lowest BCUT2D eigenvalue weighted by Gasteiger charge is -2.27. The van der Waals surface area contributed by atoms with E-state index in [2.05, 4.69) is 39.1 Å². The van der Waals surface area contributed by atoms with Gasteiger partial charge in [0.15, 0.2) is 6.10 Å². The number of benzene rings is 1. The maximum atomic E-state index is 12.3. The molecule has 0 aliphatic heterocycles. The quantitative estimate of drug-likeness (QED) is 0.864. The van der Waals surface area contributed by atoms with Crippen molar-refractivity contribution in [3.8, 4) is 5.75 Å². The number of hydrogen-bond acceptors (Lipinski definition) is 2. The van der Waals surface area contributed by atoms with Gasteiger partial charge < -0.3 is 10.1 Å². The molecule has 3 heteroatoms. The largest absolute Gasteiger partial charge is 0.481 e. The standard InChI is InChI=1S/C18H29NO2/c1-11(2)17(12(3)4)19-18(20)15(7)21-16-9-13(5)8-14(6)10-16/h8-12,15,17H,1-7H3,(H,19,20)/t15-/m1/s1. The highest BCUT2D eigenvalue weighted by Gasteiger charge is 2.23. The highest BCUT2D eigenvalue weighted by Crippen LogP contribution is 2.18. The van der Waals surface area contributed by atoms with Crippen LogP contribution in [0.3, 0.4) is 0 Å². The Bertz CT molecular complexity index is 452. The van der Waals surface area contributed by atoms with Crippen molar-refractivity contribution >= 4 is 5.91 Å². The molecule has 21 heavy (non-hydrogen) atoms. The Hall–Kier alpha value is -1.51. The first-order valence-corrected chi connectivity index (χ1v) is 7.76. The van der Waals surface area contributed by atoms with Gasteiger partial charge in [-0.05, 0) is 55.9 Å². The summed E-state index contributed by atoms with van der Waals surface area (Å²) < 4.78 is 5.79. The number of ether oxygens (including phenoxy) is 1. The van der Waals surface area contributed by atoms with Gasteiger partial charge in [0, 0.05) is 6.04 Å². The van der Waals surface area contributed by atoms with E-state index in [-0.39, 0.29) is 11.9 Å². The second-order valence-corrected chi connectivity index (χ2v) is 6.61. The van der Waals surface area contributed by atoms with Crippen LogP contribution < -0.4 is 10.1 Å². The van der Waals surface area contributed by atoms with Gasteiger partial charge in [-0.1, -0.05) is 33.8 Å². The summed E-state index contributed by atoms with van der Waals surface area (Å²) in [5.74, 6) is 1.51. The van der Waals surface area contributed by atoms with Crippen LogP contribution in [0.15, 0.2) is 18.2 Å². The number of carbonyl (C=O) groups is 1. The van der Waals surface area contributed by atoms with Crippen LogP contribution in [0.1, 0.15) is 45.7 Å². The predicted molar refractivity (Wildman–Crippen MR) is 87.6 cm³/mol. The van der Waals surface area contributed by atoms with Gasteiger partial charge >= 0.3 is 0 Å². The molecule has 1 N–H and O–H groups in total. The Labute approximate surface area is 129 Å². The number of carbonyl (C=O) groups excluding carboxylic acids is 1. The second kappa shape index (κ2) is 7.48. The molecule has 118 valence electrons. The molecule has 1 amide bonds. The third-order valence-electron chi connectivity index (χ3n) is 3.62. The number of aryl methyl sites for hydroxylation is 2. The third kappa shape index (κ3) is 5.41. The SMILES string of the molecule is Cc1cc(C)cc(O[C@H](C)C(=O)NC(C(C)C)C(C)C)c1. The minimum absolute atomic E-state index is 0.0541. The smallest absolute Gasteiger partial charge is 0.261 e. The predicted octanol–water partition coefficient (Wildman–Crippen LogP) is 3.87.